The molecule has 5 N–H and O–H groups in total. The number of ketones is 1. The highest BCUT2D eigenvalue weighted by atomic mass is 32.1. The van der Waals surface area contributed by atoms with Crippen molar-refractivity contribution in [3.05, 3.63) is 81.5 Å². The molecule has 3 aromatic rings. The molecule has 0 aliphatic heterocycles. The van der Waals surface area contributed by atoms with Gasteiger partial charge in [0.05, 0.1) is 10.4 Å². The van der Waals surface area contributed by atoms with Crippen molar-refractivity contribution in [1.82, 2.24) is 10.6 Å². The van der Waals surface area contributed by atoms with Gasteiger partial charge in [-0.2, -0.15) is 0 Å². The van der Waals surface area contributed by atoms with Gasteiger partial charge < -0.3 is 26.0 Å². The van der Waals surface area contributed by atoms with E-state index in [0.717, 1.165) is 11.6 Å². The van der Waals surface area contributed by atoms with E-state index in [0.29, 0.717) is 11.3 Å². The molecule has 1 atom stereocenters. The van der Waals surface area contributed by atoms with Crippen molar-refractivity contribution in [2.45, 2.75) is 18.9 Å². The summed E-state index contributed by atoms with van der Waals surface area (Å²) in [6.45, 7) is -0.357. The van der Waals surface area contributed by atoms with Crippen LogP contribution in [-0.4, -0.2) is 51.5 Å². The zero-order chi connectivity index (χ0) is 24.7. The van der Waals surface area contributed by atoms with Crippen LogP contribution in [0.15, 0.2) is 60.0 Å². The van der Waals surface area contributed by atoms with Crippen LogP contribution in [0.2, 0.25) is 0 Å². The number of aromatic hydroxyl groups is 2. The van der Waals surface area contributed by atoms with Gasteiger partial charge in [-0.3, -0.25) is 14.4 Å². The molecule has 1 heterocycles. The minimum atomic E-state index is -1.43. The van der Waals surface area contributed by atoms with Crippen LogP contribution in [0.25, 0.3) is 0 Å². The maximum Gasteiger partial charge on any atom is 0.328 e. The molecule has 0 aliphatic carbocycles. The molecule has 0 saturated carbocycles. The molecule has 0 spiro atoms. The molecule has 0 aliphatic rings. The summed E-state index contributed by atoms with van der Waals surface area (Å²) in [5.41, 5.74) is 0.756. The molecule has 0 saturated heterocycles. The number of amides is 2. The normalized spacial score (nSPS) is 11.4. The molecular weight excluding hydrogens is 460 g/mol. The molecule has 10 heteroatoms. The highest BCUT2D eigenvalue weighted by molar-refractivity contribution is 7.12. The zero-order valence-corrected chi connectivity index (χ0v) is 18.7. The molecule has 1 aromatic heterocycles. The van der Waals surface area contributed by atoms with Crippen molar-refractivity contribution in [2.24, 2.45) is 0 Å². The van der Waals surface area contributed by atoms with Crippen molar-refractivity contribution >= 4 is 34.9 Å². The first kappa shape index (κ1) is 24.5. The first-order valence-electron chi connectivity index (χ1n) is 10.2. The SMILES string of the molecule is O=C(CCc1cccc(O)c1)c1ccc(C(=O)NC(CNC(=O)c2cccs2)C(=O)O)c(O)c1. The van der Waals surface area contributed by atoms with Crippen molar-refractivity contribution in [2.75, 3.05) is 6.54 Å². The van der Waals surface area contributed by atoms with Gasteiger partial charge in [0.1, 0.15) is 17.5 Å². The van der Waals surface area contributed by atoms with Crippen molar-refractivity contribution in [3.8, 4) is 11.5 Å². The number of aryl methyl sites for hydroxylation is 1. The summed E-state index contributed by atoms with van der Waals surface area (Å²) < 4.78 is 0. The minimum Gasteiger partial charge on any atom is -0.508 e. The van der Waals surface area contributed by atoms with E-state index in [9.17, 15) is 34.5 Å². The number of aliphatic carboxylic acids is 1. The van der Waals surface area contributed by atoms with Crippen LogP contribution in [0.4, 0.5) is 0 Å². The Kier molecular flexibility index (Phi) is 7.99. The number of benzene rings is 2. The summed E-state index contributed by atoms with van der Waals surface area (Å²) in [6, 6.07) is 12.1. The number of Topliss-reactive ketones (excluding diaryl/α,β-unsaturated/α-hetero) is 1. The van der Waals surface area contributed by atoms with E-state index in [1.54, 1.807) is 35.7 Å². The Labute approximate surface area is 198 Å². The lowest BCUT2D eigenvalue weighted by molar-refractivity contribution is -0.139. The van der Waals surface area contributed by atoms with Crippen LogP contribution in [0.5, 0.6) is 11.5 Å². The fourth-order valence-corrected chi connectivity index (χ4v) is 3.78. The van der Waals surface area contributed by atoms with Crippen molar-refractivity contribution < 1.29 is 34.5 Å². The van der Waals surface area contributed by atoms with Gasteiger partial charge in [-0.15, -0.1) is 11.3 Å². The lowest BCUT2D eigenvalue weighted by Crippen LogP contribution is -2.48. The Morgan fingerprint density at radius 3 is 2.38 bits per heavy atom. The standard InChI is InChI=1S/C24H22N2O7S/c27-16-4-1-3-14(11-16)6-9-19(28)15-7-8-17(20(29)12-15)22(30)26-18(24(32)33)13-25-23(31)21-5-2-10-34-21/h1-5,7-8,10-12,18,27,29H,6,9,13H2,(H,25,31)(H,26,30)(H,32,33). The van der Waals surface area contributed by atoms with Crippen LogP contribution in [0.3, 0.4) is 0 Å². The van der Waals surface area contributed by atoms with Crippen LogP contribution >= 0.6 is 11.3 Å². The fraction of sp³-hybridized carbons (Fsp3) is 0.167. The van der Waals surface area contributed by atoms with Gasteiger partial charge in [0.2, 0.25) is 0 Å². The molecule has 176 valence electrons. The van der Waals surface area contributed by atoms with Gasteiger partial charge in [-0.25, -0.2) is 4.79 Å². The van der Waals surface area contributed by atoms with Gasteiger partial charge in [-0.1, -0.05) is 24.3 Å². The summed E-state index contributed by atoms with van der Waals surface area (Å²) in [5, 5.41) is 35.6. The van der Waals surface area contributed by atoms with E-state index in [1.807, 2.05) is 0 Å². The number of phenolic OH excluding ortho intramolecular Hbond substituents is 2. The van der Waals surface area contributed by atoms with E-state index >= 15 is 0 Å². The molecule has 9 nitrogen and oxygen atoms in total. The second kappa shape index (κ2) is 11.1. The Morgan fingerprint density at radius 1 is 0.941 bits per heavy atom. The summed E-state index contributed by atoms with van der Waals surface area (Å²) in [4.78, 5) is 48.9. The van der Waals surface area contributed by atoms with Gasteiger partial charge in [0.25, 0.3) is 11.8 Å². The molecule has 0 fully saturated rings. The Morgan fingerprint density at radius 2 is 1.74 bits per heavy atom. The molecular formula is C24H22N2O7S. The Bertz CT molecular complexity index is 1210. The Hall–Kier alpha value is -4.18. The zero-order valence-electron chi connectivity index (χ0n) is 17.9. The first-order valence-corrected chi connectivity index (χ1v) is 11.1. The predicted octanol–water partition coefficient (Wildman–Crippen LogP) is 2.59. The van der Waals surface area contributed by atoms with E-state index in [2.05, 4.69) is 10.6 Å². The number of carboxylic acids is 1. The summed E-state index contributed by atoms with van der Waals surface area (Å²) in [6.07, 6.45) is 0.507. The third kappa shape index (κ3) is 6.42. The first-order chi connectivity index (χ1) is 16.2. The smallest absolute Gasteiger partial charge is 0.328 e. The highest BCUT2D eigenvalue weighted by Crippen LogP contribution is 2.21. The van der Waals surface area contributed by atoms with Crippen LogP contribution < -0.4 is 10.6 Å². The highest BCUT2D eigenvalue weighted by Gasteiger charge is 2.23. The van der Waals surface area contributed by atoms with Gasteiger partial charge >= 0.3 is 5.97 Å². The number of hydrogen-bond donors (Lipinski definition) is 5. The van der Waals surface area contributed by atoms with Gasteiger partial charge in [0.15, 0.2) is 5.78 Å². The number of phenols is 2. The summed E-state index contributed by atoms with van der Waals surface area (Å²) in [5.74, 6) is -3.35. The Balaban J connectivity index is 1.60. The van der Waals surface area contributed by atoms with Crippen molar-refractivity contribution in [1.29, 1.82) is 0 Å². The predicted molar refractivity (Wildman–Crippen MR) is 124 cm³/mol. The number of rotatable bonds is 10. The topological polar surface area (TPSA) is 153 Å². The molecule has 0 bridgehead atoms. The quantitative estimate of drug-likeness (QED) is 0.278. The molecule has 34 heavy (non-hydrogen) atoms. The van der Waals surface area contributed by atoms with E-state index in [4.69, 9.17) is 0 Å². The van der Waals surface area contributed by atoms with E-state index in [1.165, 1.54) is 29.5 Å². The van der Waals surface area contributed by atoms with Gasteiger partial charge in [-0.05, 0) is 47.7 Å². The van der Waals surface area contributed by atoms with Crippen LogP contribution in [0, 0.1) is 0 Å². The lowest BCUT2D eigenvalue weighted by atomic mass is 10.0. The van der Waals surface area contributed by atoms with E-state index < -0.39 is 29.6 Å². The van der Waals surface area contributed by atoms with Crippen LogP contribution in [0.1, 0.15) is 42.4 Å². The number of carbonyl (C=O) groups is 4. The molecule has 1 unspecified atom stereocenters. The summed E-state index contributed by atoms with van der Waals surface area (Å²) in [7, 11) is 0. The lowest BCUT2D eigenvalue weighted by Gasteiger charge is -2.16. The van der Waals surface area contributed by atoms with Crippen LogP contribution in [-0.2, 0) is 11.2 Å². The molecule has 3 rings (SSSR count). The molecule has 0 radical (unpaired) electrons. The number of hydrogen-bond acceptors (Lipinski definition) is 7. The average Bonchev–Trinajstić information content (AvgIpc) is 3.34. The second-order valence-corrected chi connectivity index (χ2v) is 8.32. The summed E-state index contributed by atoms with van der Waals surface area (Å²) >= 11 is 1.19. The maximum atomic E-state index is 12.5. The van der Waals surface area contributed by atoms with Gasteiger partial charge in [0, 0.05) is 18.5 Å². The molecule has 2 aromatic carbocycles. The largest absolute Gasteiger partial charge is 0.508 e. The average molecular weight is 483 g/mol. The number of thiophene rings is 1. The minimum absolute atomic E-state index is 0.101. The third-order valence-electron chi connectivity index (χ3n) is 4.93. The molecule has 2 amide bonds. The second-order valence-electron chi connectivity index (χ2n) is 7.38. The maximum absolute atomic E-state index is 12.5. The number of nitrogens with one attached hydrogen (secondary N) is 2. The monoisotopic (exact) mass is 482 g/mol. The third-order valence-corrected chi connectivity index (χ3v) is 5.80. The fourth-order valence-electron chi connectivity index (χ4n) is 3.14. The number of carbonyl (C=O) groups excluding carboxylic acids is 3. The van der Waals surface area contributed by atoms with E-state index in [-0.39, 0.29) is 35.6 Å². The van der Waals surface area contributed by atoms with Crippen molar-refractivity contribution in [3.63, 3.8) is 0 Å². The number of carboxylic acid groups (broad SMARTS) is 1.